The van der Waals surface area contributed by atoms with E-state index in [1.807, 2.05) is 21.1 Å². The second-order valence-corrected chi connectivity index (χ2v) is 6.59. The molecule has 0 atom stereocenters. The van der Waals surface area contributed by atoms with Crippen LogP contribution in [0.5, 0.6) is 0 Å². The Morgan fingerprint density at radius 2 is 2.00 bits per heavy atom. The Kier molecular flexibility index (Phi) is 11.0. The van der Waals surface area contributed by atoms with Gasteiger partial charge in [0.05, 0.1) is 6.54 Å². The van der Waals surface area contributed by atoms with Crippen LogP contribution in [0.4, 0.5) is 0 Å². The van der Waals surface area contributed by atoms with Crippen molar-refractivity contribution in [1.29, 1.82) is 0 Å². The van der Waals surface area contributed by atoms with Crippen molar-refractivity contribution in [3.63, 3.8) is 0 Å². The first-order chi connectivity index (χ1) is 11.7. The first-order valence-electron chi connectivity index (χ1n) is 9.17. The minimum absolute atomic E-state index is 0. The SMILES string of the molecule is CN=C(NCCCCCN1CCCCC1)N(C)Cc1ncnn1C.I. The summed E-state index contributed by atoms with van der Waals surface area (Å²) in [6, 6.07) is 0. The number of rotatable bonds is 8. The monoisotopic (exact) mass is 463 g/mol. The van der Waals surface area contributed by atoms with E-state index in [1.165, 1.54) is 58.2 Å². The molecule has 144 valence electrons. The lowest BCUT2D eigenvalue weighted by Crippen LogP contribution is -2.39. The molecule has 0 spiro atoms. The zero-order chi connectivity index (χ0) is 17.2. The second kappa shape index (κ2) is 12.5. The first kappa shape index (κ1) is 22.1. The fourth-order valence-electron chi connectivity index (χ4n) is 3.16. The number of nitrogens with one attached hydrogen (secondary N) is 1. The quantitative estimate of drug-likeness (QED) is 0.277. The second-order valence-electron chi connectivity index (χ2n) is 6.59. The van der Waals surface area contributed by atoms with Gasteiger partial charge in [-0.1, -0.05) is 12.8 Å². The van der Waals surface area contributed by atoms with Crippen LogP contribution in [0.25, 0.3) is 0 Å². The third-order valence-electron chi connectivity index (χ3n) is 4.64. The molecule has 8 heteroatoms. The molecule has 0 aliphatic carbocycles. The molecular weight excluding hydrogens is 429 g/mol. The number of guanidine groups is 1. The number of likely N-dealkylation sites (tertiary alicyclic amines) is 1. The average Bonchev–Trinajstić information content (AvgIpc) is 3.00. The molecule has 0 amide bonds. The zero-order valence-electron chi connectivity index (χ0n) is 15.9. The van der Waals surface area contributed by atoms with Crippen molar-refractivity contribution in [2.75, 3.05) is 40.3 Å². The van der Waals surface area contributed by atoms with E-state index in [4.69, 9.17) is 0 Å². The third-order valence-corrected chi connectivity index (χ3v) is 4.64. The lowest BCUT2D eigenvalue weighted by molar-refractivity contribution is 0.224. The van der Waals surface area contributed by atoms with Gasteiger partial charge in [0, 0.05) is 27.7 Å². The number of hydrogen-bond acceptors (Lipinski definition) is 4. The Morgan fingerprint density at radius 1 is 1.24 bits per heavy atom. The van der Waals surface area contributed by atoms with Gasteiger partial charge in [-0.05, 0) is 45.3 Å². The molecule has 0 radical (unpaired) electrons. The predicted octanol–water partition coefficient (Wildman–Crippen LogP) is 2.10. The maximum Gasteiger partial charge on any atom is 0.193 e. The summed E-state index contributed by atoms with van der Waals surface area (Å²) in [6.45, 7) is 5.54. The molecule has 7 nitrogen and oxygen atoms in total. The summed E-state index contributed by atoms with van der Waals surface area (Å²) in [6.07, 6.45) is 9.53. The van der Waals surface area contributed by atoms with E-state index in [0.717, 1.165) is 18.3 Å². The molecule has 2 rings (SSSR count). The summed E-state index contributed by atoms with van der Waals surface area (Å²) in [7, 11) is 5.76. The Bertz CT molecular complexity index is 497. The van der Waals surface area contributed by atoms with Crippen molar-refractivity contribution >= 4 is 29.9 Å². The van der Waals surface area contributed by atoms with Gasteiger partial charge in [-0.25, -0.2) is 4.98 Å². The summed E-state index contributed by atoms with van der Waals surface area (Å²) in [5.41, 5.74) is 0. The number of aryl methyl sites for hydroxylation is 1. The van der Waals surface area contributed by atoms with Crippen LogP contribution >= 0.6 is 24.0 Å². The summed E-state index contributed by atoms with van der Waals surface area (Å²) in [5, 5.41) is 7.55. The zero-order valence-corrected chi connectivity index (χ0v) is 18.3. The number of hydrogen-bond donors (Lipinski definition) is 1. The predicted molar refractivity (Wildman–Crippen MR) is 113 cm³/mol. The molecule has 1 N–H and O–H groups in total. The van der Waals surface area contributed by atoms with Crippen LogP contribution in [0.2, 0.25) is 0 Å². The average molecular weight is 463 g/mol. The highest BCUT2D eigenvalue weighted by Gasteiger charge is 2.10. The lowest BCUT2D eigenvalue weighted by atomic mass is 10.1. The number of nitrogens with zero attached hydrogens (tertiary/aromatic N) is 6. The number of piperidine rings is 1. The van der Waals surface area contributed by atoms with Crippen molar-refractivity contribution < 1.29 is 0 Å². The fraction of sp³-hybridized carbons (Fsp3) is 0.824. The van der Waals surface area contributed by atoms with Gasteiger partial charge in [0.15, 0.2) is 5.96 Å². The minimum atomic E-state index is 0. The van der Waals surface area contributed by atoms with Gasteiger partial charge in [0.1, 0.15) is 12.2 Å². The third kappa shape index (κ3) is 7.89. The van der Waals surface area contributed by atoms with Crippen LogP contribution in [-0.4, -0.2) is 70.8 Å². The van der Waals surface area contributed by atoms with E-state index >= 15 is 0 Å². The Hall–Kier alpha value is -0.900. The van der Waals surface area contributed by atoms with Gasteiger partial charge < -0.3 is 15.1 Å². The van der Waals surface area contributed by atoms with Crippen LogP contribution < -0.4 is 5.32 Å². The largest absolute Gasteiger partial charge is 0.356 e. The van der Waals surface area contributed by atoms with Crippen LogP contribution in [-0.2, 0) is 13.6 Å². The van der Waals surface area contributed by atoms with E-state index in [9.17, 15) is 0 Å². The van der Waals surface area contributed by atoms with Gasteiger partial charge in [-0.2, -0.15) is 5.10 Å². The van der Waals surface area contributed by atoms with E-state index in [0.29, 0.717) is 6.54 Å². The van der Waals surface area contributed by atoms with E-state index in [2.05, 4.69) is 30.2 Å². The standard InChI is InChI=1S/C17H33N7.HI/c1-18-17(22(2)14-16-20-15-21-23(16)3)19-10-6-4-7-11-24-12-8-5-9-13-24;/h15H,4-14H2,1-3H3,(H,18,19);1H. The molecule has 1 aliphatic heterocycles. The molecule has 1 aromatic rings. The van der Waals surface area contributed by atoms with Crippen molar-refractivity contribution in [2.45, 2.75) is 45.1 Å². The molecule has 1 saturated heterocycles. The molecule has 2 heterocycles. The maximum atomic E-state index is 4.36. The number of halogens is 1. The molecule has 1 aromatic heterocycles. The molecule has 25 heavy (non-hydrogen) atoms. The normalized spacial score (nSPS) is 15.7. The number of unbranched alkanes of at least 4 members (excludes halogenated alkanes) is 2. The summed E-state index contributed by atoms with van der Waals surface area (Å²) >= 11 is 0. The molecule has 0 bridgehead atoms. The highest BCUT2D eigenvalue weighted by molar-refractivity contribution is 14.0. The summed E-state index contributed by atoms with van der Waals surface area (Å²) in [5.74, 6) is 1.84. The topological polar surface area (TPSA) is 61.6 Å². The van der Waals surface area contributed by atoms with Gasteiger partial charge >= 0.3 is 0 Å². The lowest BCUT2D eigenvalue weighted by Gasteiger charge is -2.26. The van der Waals surface area contributed by atoms with Crippen LogP contribution in [0.3, 0.4) is 0 Å². The Labute approximate surface area is 169 Å². The summed E-state index contributed by atoms with van der Waals surface area (Å²) < 4.78 is 1.80. The molecule has 0 aromatic carbocycles. The first-order valence-corrected chi connectivity index (χ1v) is 9.17. The number of aliphatic imine (C=N–C) groups is 1. The molecular formula is C17H34IN7. The summed E-state index contributed by atoms with van der Waals surface area (Å²) in [4.78, 5) is 13.3. The van der Waals surface area contributed by atoms with Crippen molar-refractivity contribution in [3.8, 4) is 0 Å². The van der Waals surface area contributed by atoms with E-state index in [-0.39, 0.29) is 24.0 Å². The number of aromatic nitrogens is 3. The van der Waals surface area contributed by atoms with Crippen LogP contribution in [0.1, 0.15) is 44.3 Å². The smallest absolute Gasteiger partial charge is 0.193 e. The van der Waals surface area contributed by atoms with Crippen molar-refractivity contribution in [3.05, 3.63) is 12.2 Å². The fourth-order valence-corrected chi connectivity index (χ4v) is 3.16. The van der Waals surface area contributed by atoms with Crippen LogP contribution in [0.15, 0.2) is 11.3 Å². The van der Waals surface area contributed by atoms with E-state index in [1.54, 1.807) is 11.0 Å². The maximum absolute atomic E-state index is 4.36. The van der Waals surface area contributed by atoms with Gasteiger partial charge in [0.25, 0.3) is 0 Å². The Balaban J connectivity index is 0.00000312. The van der Waals surface area contributed by atoms with Crippen molar-refractivity contribution in [1.82, 2.24) is 29.9 Å². The highest BCUT2D eigenvalue weighted by Crippen LogP contribution is 2.09. The molecule has 1 fully saturated rings. The Morgan fingerprint density at radius 3 is 2.64 bits per heavy atom. The van der Waals surface area contributed by atoms with Crippen molar-refractivity contribution in [2.24, 2.45) is 12.0 Å². The van der Waals surface area contributed by atoms with E-state index < -0.39 is 0 Å². The van der Waals surface area contributed by atoms with Gasteiger partial charge in [0.2, 0.25) is 0 Å². The highest BCUT2D eigenvalue weighted by atomic mass is 127. The van der Waals surface area contributed by atoms with Gasteiger partial charge in [-0.3, -0.25) is 9.67 Å². The molecule has 0 unspecified atom stereocenters. The molecule has 1 aliphatic rings. The van der Waals surface area contributed by atoms with Crippen LogP contribution in [0, 0.1) is 0 Å². The van der Waals surface area contributed by atoms with Gasteiger partial charge in [-0.15, -0.1) is 24.0 Å². The minimum Gasteiger partial charge on any atom is -0.356 e. The molecule has 0 saturated carbocycles.